The van der Waals surface area contributed by atoms with Gasteiger partial charge in [0.15, 0.2) is 0 Å². The lowest BCUT2D eigenvalue weighted by Crippen LogP contribution is -1.94. The van der Waals surface area contributed by atoms with Crippen molar-refractivity contribution in [3.8, 4) is 89.4 Å². The zero-order chi connectivity index (χ0) is 42.8. The number of benzene rings is 12. The fraction of sp³-hybridized carbons (Fsp3) is 0. The van der Waals surface area contributed by atoms with E-state index in [9.17, 15) is 0 Å². The van der Waals surface area contributed by atoms with Crippen LogP contribution in [0.1, 0.15) is 0 Å². The quantitative estimate of drug-likeness (QED) is 0.146. The third-order valence-corrected chi connectivity index (χ3v) is 13.4. The summed E-state index contributed by atoms with van der Waals surface area (Å²) in [5.74, 6) is 1.60. The summed E-state index contributed by atoms with van der Waals surface area (Å²) in [4.78, 5) is 0. The second kappa shape index (κ2) is 15.1. The maximum absolute atomic E-state index is 6.53. The molecular weight excluding hydrogens is 785 g/mol. The minimum Gasteiger partial charge on any atom is -0.457 e. The molecule has 0 aromatic heterocycles. The molecule has 0 saturated carbocycles. The van der Waals surface area contributed by atoms with Crippen molar-refractivity contribution in [3.05, 3.63) is 243 Å². The first-order chi connectivity index (χ1) is 32.3. The van der Waals surface area contributed by atoms with Gasteiger partial charge < -0.3 is 4.74 Å². The SMILES string of the molecule is c1ccc(-c2c3c(c(-c4ccccc4)c4cc(-c5ccc(Oc6ccc(-c7c8ccccc8c(-c8ccccc8)c8ccccc78)cc6)cc5)ccc24)-c2cccc4cccc-3c24)cc1. The van der Waals surface area contributed by atoms with Crippen LogP contribution < -0.4 is 4.74 Å². The maximum Gasteiger partial charge on any atom is 0.127 e. The number of rotatable bonds is 7. The molecule has 0 unspecified atom stereocenters. The second-order valence-electron chi connectivity index (χ2n) is 17.1. The van der Waals surface area contributed by atoms with Gasteiger partial charge in [-0.15, -0.1) is 0 Å². The van der Waals surface area contributed by atoms with Gasteiger partial charge >= 0.3 is 0 Å². The summed E-state index contributed by atoms with van der Waals surface area (Å²) in [6, 6.07) is 87.9. The minimum atomic E-state index is 0.797. The molecule has 302 valence electrons. The zero-order valence-electron chi connectivity index (χ0n) is 35.5. The highest BCUT2D eigenvalue weighted by Gasteiger charge is 2.30. The van der Waals surface area contributed by atoms with Gasteiger partial charge in [-0.1, -0.05) is 212 Å². The van der Waals surface area contributed by atoms with Crippen molar-refractivity contribution >= 4 is 43.1 Å². The van der Waals surface area contributed by atoms with Gasteiger partial charge in [0.1, 0.15) is 11.5 Å². The van der Waals surface area contributed by atoms with Gasteiger partial charge in [-0.3, -0.25) is 0 Å². The van der Waals surface area contributed by atoms with Gasteiger partial charge in [-0.2, -0.15) is 0 Å². The van der Waals surface area contributed by atoms with Crippen molar-refractivity contribution in [1.29, 1.82) is 0 Å². The van der Waals surface area contributed by atoms with Crippen LogP contribution in [0.5, 0.6) is 11.5 Å². The summed E-state index contributed by atoms with van der Waals surface area (Å²) in [5, 5.41) is 10.1. The highest BCUT2D eigenvalue weighted by Crippen LogP contribution is 2.58. The summed E-state index contributed by atoms with van der Waals surface area (Å²) in [6.45, 7) is 0. The second-order valence-corrected chi connectivity index (χ2v) is 17.1. The van der Waals surface area contributed by atoms with Crippen LogP contribution in [0.3, 0.4) is 0 Å². The van der Waals surface area contributed by atoms with Crippen molar-refractivity contribution in [3.63, 3.8) is 0 Å². The number of ether oxygens (including phenoxy) is 1. The van der Waals surface area contributed by atoms with E-state index >= 15 is 0 Å². The third kappa shape index (κ3) is 6.01. The molecule has 0 aliphatic heterocycles. The zero-order valence-corrected chi connectivity index (χ0v) is 35.5. The maximum atomic E-state index is 6.53. The van der Waals surface area contributed by atoms with Crippen molar-refractivity contribution < 1.29 is 4.74 Å². The summed E-state index contributed by atoms with van der Waals surface area (Å²) in [6.07, 6.45) is 0. The Balaban J connectivity index is 0.884. The molecule has 0 heterocycles. The van der Waals surface area contributed by atoms with E-state index in [1.54, 1.807) is 0 Å². The minimum absolute atomic E-state index is 0.797. The van der Waals surface area contributed by atoms with Crippen LogP contribution in [0.2, 0.25) is 0 Å². The molecule has 1 aliphatic carbocycles. The molecular formula is C64H40O. The van der Waals surface area contributed by atoms with Crippen molar-refractivity contribution in [2.75, 3.05) is 0 Å². The van der Waals surface area contributed by atoms with Crippen LogP contribution in [-0.2, 0) is 0 Å². The molecule has 1 heteroatoms. The fourth-order valence-electron chi connectivity index (χ4n) is 10.7. The molecule has 0 bridgehead atoms. The van der Waals surface area contributed by atoms with Crippen LogP contribution in [0.4, 0.5) is 0 Å². The van der Waals surface area contributed by atoms with Gasteiger partial charge in [0.2, 0.25) is 0 Å². The van der Waals surface area contributed by atoms with Crippen molar-refractivity contribution in [1.82, 2.24) is 0 Å². The average molecular weight is 825 g/mol. The molecule has 12 aromatic carbocycles. The molecule has 0 radical (unpaired) electrons. The highest BCUT2D eigenvalue weighted by atomic mass is 16.5. The topological polar surface area (TPSA) is 9.23 Å². The molecule has 0 saturated heterocycles. The number of hydrogen-bond donors (Lipinski definition) is 0. The summed E-state index contributed by atoms with van der Waals surface area (Å²) < 4.78 is 6.53. The standard InChI is InChI=1S/C64H40O/c1-4-16-42(17-5-1)58-50-24-10-12-26-52(50)59(53-27-13-11-25-51(53)58)46-32-37-49(38-33-46)65-48-35-30-41(31-36-48)47-34-39-54-57(40-47)62(45-20-8-3-9-21-45)64-56-29-15-23-43-22-14-28-55(60(43)56)63(64)61(54)44-18-6-2-7-19-44/h1-40H. The predicted molar refractivity (Wildman–Crippen MR) is 275 cm³/mol. The fourth-order valence-corrected chi connectivity index (χ4v) is 10.7. The third-order valence-electron chi connectivity index (χ3n) is 13.4. The van der Waals surface area contributed by atoms with E-state index in [4.69, 9.17) is 4.74 Å². The Morgan fingerprint density at radius 2 is 0.585 bits per heavy atom. The van der Waals surface area contributed by atoms with Gasteiger partial charge in [0.05, 0.1) is 0 Å². The number of fused-ring (bicyclic) bond motifs is 6. The molecule has 13 rings (SSSR count). The largest absolute Gasteiger partial charge is 0.457 e. The van der Waals surface area contributed by atoms with E-state index in [0.717, 1.165) is 28.2 Å². The van der Waals surface area contributed by atoms with Gasteiger partial charge in [0.25, 0.3) is 0 Å². The molecule has 1 aliphatic rings. The number of hydrogen-bond acceptors (Lipinski definition) is 1. The summed E-state index contributed by atoms with van der Waals surface area (Å²) in [7, 11) is 0. The molecule has 0 atom stereocenters. The van der Waals surface area contributed by atoms with Crippen LogP contribution in [-0.4, -0.2) is 0 Å². The van der Waals surface area contributed by atoms with E-state index in [2.05, 4.69) is 243 Å². The van der Waals surface area contributed by atoms with Crippen LogP contribution in [0.25, 0.3) is 121 Å². The highest BCUT2D eigenvalue weighted by molar-refractivity contribution is 6.28. The Hall–Kier alpha value is -8.52. The summed E-state index contributed by atoms with van der Waals surface area (Å²) in [5.41, 5.74) is 17.4. The van der Waals surface area contributed by atoms with Crippen LogP contribution in [0.15, 0.2) is 243 Å². The molecule has 65 heavy (non-hydrogen) atoms. The predicted octanol–water partition coefficient (Wildman–Crippen LogP) is 18.1. The van der Waals surface area contributed by atoms with E-state index in [0.29, 0.717) is 0 Å². The van der Waals surface area contributed by atoms with E-state index < -0.39 is 0 Å². The first-order valence-electron chi connectivity index (χ1n) is 22.4. The Labute approximate surface area is 378 Å². The van der Waals surface area contributed by atoms with Crippen molar-refractivity contribution in [2.45, 2.75) is 0 Å². The van der Waals surface area contributed by atoms with E-state index in [1.165, 1.54) is 104 Å². The van der Waals surface area contributed by atoms with Crippen LogP contribution >= 0.6 is 0 Å². The van der Waals surface area contributed by atoms with Crippen molar-refractivity contribution in [2.24, 2.45) is 0 Å². The first kappa shape index (κ1) is 37.1. The first-order valence-corrected chi connectivity index (χ1v) is 22.4. The lowest BCUT2D eigenvalue weighted by Gasteiger charge is -2.21. The molecule has 0 fully saturated rings. The molecule has 12 aromatic rings. The smallest absolute Gasteiger partial charge is 0.127 e. The molecule has 0 amide bonds. The Kier molecular flexibility index (Phi) is 8.60. The Bertz CT molecular complexity index is 3730. The van der Waals surface area contributed by atoms with E-state index in [-0.39, 0.29) is 0 Å². The van der Waals surface area contributed by atoms with E-state index in [1.807, 2.05) is 0 Å². The molecule has 0 spiro atoms. The van der Waals surface area contributed by atoms with Gasteiger partial charge in [-0.25, -0.2) is 0 Å². The van der Waals surface area contributed by atoms with Gasteiger partial charge in [-0.05, 0) is 151 Å². The Morgan fingerprint density at radius 1 is 0.215 bits per heavy atom. The summed E-state index contributed by atoms with van der Waals surface area (Å²) >= 11 is 0. The molecule has 0 N–H and O–H groups in total. The molecule has 1 nitrogen and oxygen atoms in total. The normalized spacial score (nSPS) is 11.7. The average Bonchev–Trinajstić information content (AvgIpc) is 3.70. The van der Waals surface area contributed by atoms with Gasteiger partial charge in [0, 0.05) is 0 Å². The monoisotopic (exact) mass is 824 g/mol. The van der Waals surface area contributed by atoms with Crippen LogP contribution in [0, 0.1) is 0 Å². The Morgan fingerprint density at radius 3 is 1.06 bits per heavy atom. The lowest BCUT2D eigenvalue weighted by molar-refractivity contribution is 0.483. The lowest BCUT2D eigenvalue weighted by atomic mass is 9.82.